The van der Waals surface area contributed by atoms with Crippen molar-refractivity contribution < 1.29 is 17.6 Å². The van der Waals surface area contributed by atoms with Crippen LogP contribution in [0.5, 0.6) is 0 Å². The zero-order valence-electron chi connectivity index (χ0n) is 10.3. The second-order valence-corrected chi connectivity index (χ2v) is 4.25. The van der Waals surface area contributed by atoms with E-state index in [4.69, 9.17) is 0 Å². The van der Waals surface area contributed by atoms with Gasteiger partial charge in [0.05, 0.1) is 0 Å². The number of benzene rings is 2. The smallest absolute Gasteiger partial charge is 0.165 e. The van der Waals surface area contributed by atoms with E-state index in [-0.39, 0.29) is 6.07 Å². The molecule has 0 spiro atoms. The lowest BCUT2D eigenvalue weighted by atomic mass is 9.88. The first-order valence-corrected chi connectivity index (χ1v) is 5.94. The lowest BCUT2D eigenvalue weighted by Gasteiger charge is -2.18. The van der Waals surface area contributed by atoms with Crippen LogP contribution in [0, 0.1) is 23.3 Å². The Kier molecular flexibility index (Phi) is 3.88. The fraction of sp³-hybridized carbons (Fsp3) is 0.200. The fourth-order valence-electron chi connectivity index (χ4n) is 2.19. The largest absolute Gasteiger partial charge is 0.204 e. The molecule has 19 heavy (non-hydrogen) atoms. The van der Waals surface area contributed by atoms with Gasteiger partial charge in [0.1, 0.15) is 0 Å². The maximum Gasteiger partial charge on any atom is 0.165 e. The van der Waals surface area contributed by atoms with Crippen molar-refractivity contribution in [1.29, 1.82) is 0 Å². The molecule has 0 aliphatic carbocycles. The third-order valence-electron chi connectivity index (χ3n) is 3.10. The van der Waals surface area contributed by atoms with Crippen molar-refractivity contribution in [2.75, 3.05) is 0 Å². The van der Waals surface area contributed by atoms with Crippen molar-refractivity contribution in [3.05, 3.63) is 70.8 Å². The molecule has 1 unspecified atom stereocenters. The number of halogens is 4. The van der Waals surface area contributed by atoms with Gasteiger partial charge < -0.3 is 0 Å². The minimum atomic E-state index is -1.37. The summed E-state index contributed by atoms with van der Waals surface area (Å²) in [5, 5.41) is 0. The Balaban J connectivity index is 2.62. The third kappa shape index (κ3) is 2.48. The highest BCUT2D eigenvalue weighted by Gasteiger charge is 2.26. The Labute approximate surface area is 108 Å². The first-order valence-electron chi connectivity index (χ1n) is 5.94. The molecule has 2 aromatic carbocycles. The molecule has 0 nitrogen and oxygen atoms in total. The average molecular weight is 268 g/mol. The molecule has 0 aliphatic heterocycles. The van der Waals surface area contributed by atoms with Gasteiger partial charge in [0, 0.05) is 17.5 Å². The van der Waals surface area contributed by atoms with Crippen LogP contribution in [-0.4, -0.2) is 0 Å². The second-order valence-electron chi connectivity index (χ2n) is 4.25. The van der Waals surface area contributed by atoms with E-state index in [9.17, 15) is 17.6 Å². The van der Waals surface area contributed by atoms with Crippen molar-refractivity contribution in [3.63, 3.8) is 0 Å². The Morgan fingerprint density at radius 2 is 1.42 bits per heavy atom. The standard InChI is InChI=1S/C15H12F4/c1-2-10(9-6-4-3-5-7-9)13-14(18)11(16)8-12(17)15(13)19/h3-8,10H,2H2,1H3. The van der Waals surface area contributed by atoms with Gasteiger partial charge in [0.2, 0.25) is 0 Å². The van der Waals surface area contributed by atoms with E-state index < -0.39 is 34.8 Å². The first kappa shape index (κ1) is 13.6. The molecule has 0 heterocycles. The monoisotopic (exact) mass is 268 g/mol. The van der Waals surface area contributed by atoms with Gasteiger partial charge in [-0.2, -0.15) is 0 Å². The van der Waals surface area contributed by atoms with E-state index in [1.54, 1.807) is 37.3 Å². The van der Waals surface area contributed by atoms with Crippen molar-refractivity contribution in [1.82, 2.24) is 0 Å². The second kappa shape index (κ2) is 5.43. The van der Waals surface area contributed by atoms with Crippen LogP contribution in [0.1, 0.15) is 30.4 Å². The normalized spacial score (nSPS) is 12.5. The van der Waals surface area contributed by atoms with Gasteiger partial charge in [0.15, 0.2) is 23.3 Å². The topological polar surface area (TPSA) is 0 Å². The minimum Gasteiger partial charge on any atom is -0.204 e. The molecule has 0 saturated heterocycles. The van der Waals surface area contributed by atoms with Gasteiger partial charge in [0.25, 0.3) is 0 Å². The van der Waals surface area contributed by atoms with Crippen molar-refractivity contribution in [2.24, 2.45) is 0 Å². The van der Waals surface area contributed by atoms with Crippen LogP contribution in [-0.2, 0) is 0 Å². The molecular formula is C15H12F4. The molecule has 100 valence electrons. The summed E-state index contributed by atoms with van der Waals surface area (Å²) < 4.78 is 54.1. The Hall–Kier alpha value is -1.84. The molecule has 4 heteroatoms. The fourth-order valence-corrected chi connectivity index (χ4v) is 2.19. The summed E-state index contributed by atoms with van der Waals surface area (Å²) in [4.78, 5) is 0. The van der Waals surface area contributed by atoms with E-state index in [0.717, 1.165) is 0 Å². The molecule has 0 aromatic heterocycles. The highest BCUT2D eigenvalue weighted by Crippen LogP contribution is 2.33. The van der Waals surface area contributed by atoms with Crippen LogP contribution in [0.15, 0.2) is 36.4 Å². The minimum absolute atomic E-state index is 0.228. The van der Waals surface area contributed by atoms with Crippen LogP contribution in [0.2, 0.25) is 0 Å². The Morgan fingerprint density at radius 3 is 1.89 bits per heavy atom. The molecule has 0 radical (unpaired) electrons. The summed E-state index contributed by atoms with van der Waals surface area (Å²) in [6.45, 7) is 1.71. The lowest BCUT2D eigenvalue weighted by molar-refractivity contribution is 0.431. The molecule has 1 atom stereocenters. The zero-order chi connectivity index (χ0) is 14.0. The van der Waals surface area contributed by atoms with Gasteiger partial charge in [-0.05, 0) is 12.0 Å². The number of hydrogen-bond acceptors (Lipinski definition) is 0. The SMILES string of the molecule is CCC(c1ccccc1)c1c(F)c(F)cc(F)c1F. The van der Waals surface area contributed by atoms with Crippen LogP contribution < -0.4 is 0 Å². The maximum atomic E-state index is 13.8. The summed E-state index contributed by atoms with van der Waals surface area (Å²) in [6.07, 6.45) is 0.334. The molecular weight excluding hydrogens is 256 g/mol. The summed E-state index contributed by atoms with van der Waals surface area (Å²) in [6, 6.07) is 8.76. The molecule has 0 fully saturated rings. The van der Waals surface area contributed by atoms with Crippen LogP contribution in [0.4, 0.5) is 17.6 Å². The summed E-state index contributed by atoms with van der Waals surface area (Å²) in [5.74, 6) is -6.11. The summed E-state index contributed by atoms with van der Waals surface area (Å²) in [7, 11) is 0. The van der Waals surface area contributed by atoms with E-state index in [1.807, 2.05) is 0 Å². The average Bonchev–Trinajstić information content (AvgIpc) is 2.42. The van der Waals surface area contributed by atoms with E-state index in [0.29, 0.717) is 12.0 Å². The summed E-state index contributed by atoms with van der Waals surface area (Å²) in [5.41, 5.74) is 0.0685. The molecule has 0 amide bonds. The van der Waals surface area contributed by atoms with E-state index in [2.05, 4.69) is 0 Å². The maximum absolute atomic E-state index is 13.8. The zero-order valence-corrected chi connectivity index (χ0v) is 10.3. The molecule has 2 rings (SSSR count). The van der Waals surface area contributed by atoms with Crippen molar-refractivity contribution >= 4 is 0 Å². The molecule has 0 aliphatic rings. The number of rotatable bonds is 3. The van der Waals surface area contributed by atoms with Gasteiger partial charge in [-0.3, -0.25) is 0 Å². The van der Waals surface area contributed by atoms with Crippen LogP contribution in [0.25, 0.3) is 0 Å². The Bertz CT molecular complexity index is 552. The van der Waals surface area contributed by atoms with Gasteiger partial charge >= 0.3 is 0 Å². The van der Waals surface area contributed by atoms with Gasteiger partial charge in [-0.15, -0.1) is 0 Å². The highest BCUT2D eigenvalue weighted by atomic mass is 19.2. The van der Waals surface area contributed by atoms with Crippen molar-refractivity contribution in [3.8, 4) is 0 Å². The van der Waals surface area contributed by atoms with Crippen LogP contribution >= 0.6 is 0 Å². The summed E-state index contributed by atoms with van der Waals surface area (Å²) >= 11 is 0. The van der Waals surface area contributed by atoms with E-state index >= 15 is 0 Å². The first-order chi connectivity index (χ1) is 9.06. The molecule has 0 bridgehead atoms. The molecule has 0 N–H and O–H groups in total. The number of hydrogen-bond donors (Lipinski definition) is 0. The van der Waals surface area contributed by atoms with Gasteiger partial charge in [-0.25, -0.2) is 17.6 Å². The third-order valence-corrected chi connectivity index (χ3v) is 3.10. The molecule has 0 saturated carbocycles. The van der Waals surface area contributed by atoms with E-state index in [1.165, 1.54) is 0 Å². The molecule has 2 aromatic rings. The van der Waals surface area contributed by atoms with Crippen LogP contribution in [0.3, 0.4) is 0 Å². The lowest BCUT2D eigenvalue weighted by Crippen LogP contribution is -2.09. The quantitative estimate of drug-likeness (QED) is 0.555. The Morgan fingerprint density at radius 1 is 0.895 bits per heavy atom. The predicted octanol–water partition coefficient (Wildman–Crippen LogP) is 4.78. The highest BCUT2D eigenvalue weighted by molar-refractivity contribution is 5.35. The van der Waals surface area contributed by atoms with Crippen molar-refractivity contribution in [2.45, 2.75) is 19.3 Å². The van der Waals surface area contributed by atoms with Gasteiger partial charge in [-0.1, -0.05) is 37.3 Å². The predicted molar refractivity (Wildman–Crippen MR) is 64.9 cm³/mol.